The van der Waals surface area contributed by atoms with Crippen LogP contribution >= 0.6 is 0 Å². The van der Waals surface area contributed by atoms with Gasteiger partial charge >= 0.3 is 0 Å². The van der Waals surface area contributed by atoms with Crippen LogP contribution in [0.5, 0.6) is 0 Å². The monoisotopic (exact) mass is 186 g/mol. The summed E-state index contributed by atoms with van der Waals surface area (Å²) in [5.41, 5.74) is 0.252. The maximum absolute atomic E-state index is 12.6. The molecule has 5 heteroatoms. The van der Waals surface area contributed by atoms with Crippen LogP contribution in [-0.4, -0.2) is 21.5 Å². The van der Waals surface area contributed by atoms with Crippen LogP contribution in [0.1, 0.15) is 29.9 Å². The van der Waals surface area contributed by atoms with E-state index in [0.29, 0.717) is 0 Å². The van der Waals surface area contributed by atoms with Gasteiger partial charge < -0.3 is 0 Å². The Morgan fingerprint density at radius 1 is 1.77 bits per heavy atom. The Morgan fingerprint density at radius 3 is 2.85 bits per heavy atom. The summed E-state index contributed by atoms with van der Waals surface area (Å²) in [4.78, 5) is 11.0. The van der Waals surface area contributed by atoms with Crippen molar-refractivity contribution in [3.05, 3.63) is 18.0 Å². The number of rotatable bonds is 2. The van der Waals surface area contributed by atoms with Gasteiger partial charge in [0, 0.05) is 19.5 Å². The summed E-state index contributed by atoms with van der Waals surface area (Å²) in [5.74, 6) is -2.92. The van der Waals surface area contributed by atoms with Crippen molar-refractivity contribution < 1.29 is 13.6 Å². The van der Waals surface area contributed by atoms with E-state index in [2.05, 4.69) is 5.10 Å². The average molecular weight is 186 g/mol. The molecule has 1 aromatic rings. The molecule has 70 valence electrons. The highest BCUT2D eigenvalue weighted by atomic mass is 19.3. The summed E-state index contributed by atoms with van der Waals surface area (Å²) < 4.78 is 26.4. The van der Waals surface area contributed by atoms with Crippen molar-refractivity contribution in [1.82, 2.24) is 9.78 Å². The van der Waals surface area contributed by atoms with E-state index >= 15 is 0 Å². The Morgan fingerprint density at radius 2 is 2.38 bits per heavy atom. The van der Waals surface area contributed by atoms with E-state index < -0.39 is 12.0 Å². The van der Waals surface area contributed by atoms with E-state index in [4.69, 9.17) is 0 Å². The number of carbonyl (C=O) groups excluding carboxylic acids is 1. The van der Waals surface area contributed by atoms with Crippen LogP contribution in [0.15, 0.2) is 12.3 Å². The Balaban J connectivity index is 2.32. The zero-order valence-electron chi connectivity index (χ0n) is 7.00. The second-order valence-electron chi connectivity index (χ2n) is 3.20. The Labute approximate surface area is 73.4 Å². The molecule has 3 nitrogen and oxygen atoms in total. The molecule has 0 saturated heterocycles. The number of Topliss-reactive ketones (excluding diaryl/α,β-unsaturated/α-hetero) is 1. The summed E-state index contributed by atoms with van der Waals surface area (Å²) in [6, 6.07) is 0.540. The minimum absolute atomic E-state index is 0.213. The molecule has 1 unspecified atom stereocenters. The fraction of sp³-hybridized carbons (Fsp3) is 0.500. The summed E-state index contributed by atoms with van der Waals surface area (Å²) in [6.45, 7) is 1.34. The lowest BCUT2D eigenvalue weighted by Gasteiger charge is -2.02. The maximum Gasteiger partial charge on any atom is 0.272 e. The van der Waals surface area contributed by atoms with Gasteiger partial charge in [-0.05, 0) is 6.07 Å². The van der Waals surface area contributed by atoms with E-state index in [1.807, 2.05) is 0 Å². The SMILES string of the molecule is CC(=O)c1ccnn1C1CC1(F)F. The number of ketones is 1. The number of hydrogen-bond acceptors (Lipinski definition) is 2. The molecule has 1 aliphatic rings. The average Bonchev–Trinajstić information content (AvgIpc) is 2.49. The van der Waals surface area contributed by atoms with Gasteiger partial charge in [-0.15, -0.1) is 0 Å². The summed E-state index contributed by atoms with van der Waals surface area (Å²) in [5, 5.41) is 3.71. The molecule has 13 heavy (non-hydrogen) atoms. The summed E-state index contributed by atoms with van der Waals surface area (Å²) in [7, 11) is 0. The zero-order chi connectivity index (χ0) is 9.64. The van der Waals surface area contributed by atoms with Crippen LogP contribution in [0.4, 0.5) is 8.78 Å². The number of nitrogens with zero attached hydrogens (tertiary/aromatic N) is 2. The van der Waals surface area contributed by atoms with Crippen molar-refractivity contribution in [2.45, 2.75) is 25.3 Å². The number of hydrogen-bond donors (Lipinski definition) is 0. The molecule has 1 saturated carbocycles. The predicted octanol–water partition coefficient (Wildman–Crippen LogP) is 1.67. The molecule has 0 bridgehead atoms. The largest absolute Gasteiger partial charge is 0.293 e. The van der Waals surface area contributed by atoms with Crippen molar-refractivity contribution in [2.24, 2.45) is 0 Å². The summed E-state index contributed by atoms with van der Waals surface area (Å²) >= 11 is 0. The predicted molar refractivity (Wildman–Crippen MR) is 40.8 cm³/mol. The van der Waals surface area contributed by atoms with Crippen molar-refractivity contribution in [3.8, 4) is 0 Å². The van der Waals surface area contributed by atoms with E-state index in [1.165, 1.54) is 19.2 Å². The molecule has 1 aliphatic carbocycles. The molecular formula is C8H8F2N2O. The van der Waals surface area contributed by atoms with E-state index in [0.717, 1.165) is 4.68 Å². The third kappa shape index (κ3) is 1.24. The van der Waals surface area contributed by atoms with Crippen molar-refractivity contribution >= 4 is 5.78 Å². The molecule has 0 aliphatic heterocycles. The topological polar surface area (TPSA) is 34.9 Å². The first-order valence-electron chi connectivity index (χ1n) is 3.94. The standard InChI is InChI=1S/C8H8F2N2O/c1-5(13)6-2-3-11-12(6)7-4-8(7,9)10/h2-3,7H,4H2,1H3. The van der Waals surface area contributed by atoms with Gasteiger partial charge in [-0.2, -0.15) is 5.10 Å². The molecule has 2 rings (SSSR count). The molecular weight excluding hydrogens is 178 g/mol. The molecule has 0 aromatic carbocycles. The molecule has 1 heterocycles. The third-order valence-electron chi connectivity index (χ3n) is 2.12. The van der Waals surface area contributed by atoms with Crippen LogP contribution in [0.25, 0.3) is 0 Å². The van der Waals surface area contributed by atoms with Gasteiger partial charge in [-0.25, -0.2) is 8.78 Å². The molecule has 0 radical (unpaired) electrons. The molecule has 1 atom stereocenters. The van der Waals surface area contributed by atoms with Gasteiger partial charge in [0.15, 0.2) is 5.78 Å². The summed E-state index contributed by atoms with van der Waals surface area (Å²) in [6.07, 6.45) is 1.15. The molecule has 1 aromatic heterocycles. The minimum atomic E-state index is -2.68. The van der Waals surface area contributed by atoms with E-state index in [1.54, 1.807) is 0 Å². The van der Waals surface area contributed by atoms with E-state index in [9.17, 15) is 13.6 Å². The van der Waals surface area contributed by atoms with Gasteiger partial charge in [-0.3, -0.25) is 9.48 Å². The van der Waals surface area contributed by atoms with Gasteiger partial charge in [-0.1, -0.05) is 0 Å². The number of aromatic nitrogens is 2. The first kappa shape index (κ1) is 8.34. The Hall–Kier alpha value is -1.26. The quantitative estimate of drug-likeness (QED) is 0.658. The fourth-order valence-electron chi connectivity index (χ4n) is 1.31. The van der Waals surface area contributed by atoms with Crippen LogP contribution in [0.3, 0.4) is 0 Å². The normalized spacial score (nSPS) is 24.4. The van der Waals surface area contributed by atoms with Gasteiger partial charge in [0.2, 0.25) is 0 Å². The van der Waals surface area contributed by atoms with Crippen LogP contribution in [0.2, 0.25) is 0 Å². The Kier molecular flexibility index (Phi) is 1.52. The molecule has 0 N–H and O–H groups in total. The fourth-order valence-corrected chi connectivity index (χ4v) is 1.31. The van der Waals surface area contributed by atoms with Gasteiger partial charge in [0.1, 0.15) is 11.7 Å². The highest BCUT2D eigenvalue weighted by molar-refractivity contribution is 5.92. The van der Waals surface area contributed by atoms with Crippen molar-refractivity contribution in [1.29, 1.82) is 0 Å². The number of carbonyl (C=O) groups is 1. The van der Waals surface area contributed by atoms with Gasteiger partial charge in [0.05, 0.1) is 0 Å². The second kappa shape index (κ2) is 2.37. The first-order chi connectivity index (χ1) is 6.02. The van der Waals surface area contributed by atoms with Crippen molar-refractivity contribution in [2.75, 3.05) is 0 Å². The maximum atomic E-state index is 12.6. The first-order valence-corrected chi connectivity index (χ1v) is 3.94. The van der Waals surface area contributed by atoms with Gasteiger partial charge in [0.25, 0.3) is 5.92 Å². The second-order valence-corrected chi connectivity index (χ2v) is 3.20. The van der Waals surface area contributed by atoms with E-state index in [-0.39, 0.29) is 17.9 Å². The minimum Gasteiger partial charge on any atom is -0.293 e. The lowest BCUT2D eigenvalue weighted by molar-refractivity contribution is 0.0939. The van der Waals surface area contributed by atoms with Crippen LogP contribution < -0.4 is 0 Å². The molecule has 1 fully saturated rings. The highest BCUT2D eigenvalue weighted by Gasteiger charge is 2.59. The third-order valence-corrected chi connectivity index (χ3v) is 2.12. The molecule has 0 amide bonds. The lowest BCUT2D eigenvalue weighted by atomic mass is 10.3. The smallest absolute Gasteiger partial charge is 0.272 e. The lowest BCUT2D eigenvalue weighted by Crippen LogP contribution is -2.10. The number of alkyl halides is 2. The van der Waals surface area contributed by atoms with Crippen molar-refractivity contribution in [3.63, 3.8) is 0 Å². The highest BCUT2D eigenvalue weighted by Crippen LogP contribution is 2.52. The van der Waals surface area contributed by atoms with Crippen LogP contribution in [0, 0.1) is 0 Å². The number of halogens is 2. The van der Waals surface area contributed by atoms with Crippen LogP contribution in [-0.2, 0) is 0 Å². The Bertz CT molecular complexity index is 359. The molecule has 0 spiro atoms. The zero-order valence-corrected chi connectivity index (χ0v) is 7.00.